The molecule has 4 aromatic carbocycles. The molecule has 182 valence electrons. The van der Waals surface area contributed by atoms with E-state index in [1.807, 2.05) is 41.4 Å². The SMILES string of the molecule is [Pt+2].[c-]1c([N+]2=NC=CC2)ccc2c3ccccc3n(-c3[c-]c4c(cc3)c3ccccc3n4-c3ccccn3)c12. The van der Waals surface area contributed by atoms with Crippen LogP contribution < -0.4 is 0 Å². The summed E-state index contributed by atoms with van der Waals surface area (Å²) in [5.74, 6) is 0.876. The average Bonchev–Trinajstić information content (AvgIpc) is 3.68. The Bertz CT molecular complexity index is 2060. The van der Waals surface area contributed by atoms with Crippen molar-refractivity contribution in [1.29, 1.82) is 0 Å². The van der Waals surface area contributed by atoms with Gasteiger partial charge in [0.1, 0.15) is 11.5 Å². The molecule has 0 spiro atoms. The van der Waals surface area contributed by atoms with E-state index in [1.54, 1.807) is 0 Å². The van der Waals surface area contributed by atoms with Gasteiger partial charge in [-0.3, -0.25) is 0 Å². The summed E-state index contributed by atoms with van der Waals surface area (Å²) >= 11 is 0. The molecule has 0 bridgehead atoms. The molecule has 8 rings (SSSR count). The summed E-state index contributed by atoms with van der Waals surface area (Å²) in [5, 5.41) is 9.16. The van der Waals surface area contributed by atoms with E-state index in [9.17, 15) is 0 Å². The maximum absolute atomic E-state index is 4.68. The fourth-order valence-electron chi connectivity index (χ4n) is 5.50. The minimum absolute atomic E-state index is 0. The number of pyridine rings is 1. The molecule has 0 fully saturated rings. The van der Waals surface area contributed by atoms with Gasteiger partial charge in [-0.15, -0.1) is 27.6 Å². The molecule has 0 unspecified atom stereocenters. The quantitative estimate of drug-likeness (QED) is 0.142. The number of hydrogen-bond donors (Lipinski definition) is 0. The fraction of sp³-hybridized carbons (Fsp3) is 0.0312. The van der Waals surface area contributed by atoms with Crippen LogP contribution in [0, 0.1) is 12.1 Å². The molecule has 1 aliphatic heterocycles. The molecule has 0 amide bonds. The van der Waals surface area contributed by atoms with Gasteiger partial charge in [-0.2, -0.15) is 12.1 Å². The monoisotopic (exact) mass is 669 g/mol. The van der Waals surface area contributed by atoms with Crippen molar-refractivity contribution >= 4 is 49.3 Å². The van der Waals surface area contributed by atoms with Gasteiger partial charge in [-0.25, -0.2) is 4.98 Å². The number of fused-ring (bicyclic) bond motifs is 6. The van der Waals surface area contributed by atoms with E-state index in [1.165, 1.54) is 10.8 Å². The molecule has 0 N–H and O–H groups in total. The first kappa shape index (κ1) is 22.8. The van der Waals surface area contributed by atoms with E-state index in [0.717, 1.165) is 56.6 Å². The van der Waals surface area contributed by atoms with Crippen molar-refractivity contribution in [3.63, 3.8) is 0 Å². The van der Waals surface area contributed by atoms with E-state index < -0.39 is 0 Å². The number of aromatic nitrogens is 3. The Morgan fingerprint density at radius 2 is 1.34 bits per heavy atom. The van der Waals surface area contributed by atoms with Gasteiger partial charge in [0.05, 0.1) is 6.20 Å². The molecular weight excluding hydrogens is 649 g/mol. The van der Waals surface area contributed by atoms with Crippen LogP contribution in [0.15, 0.2) is 115 Å². The van der Waals surface area contributed by atoms with Crippen molar-refractivity contribution in [1.82, 2.24) is 14.1 Å². The standard InChI is InChI=1S/C32H20N5.Pt/c1-3-10-28-24(8-1)26-15-13-22(35-19-7-18-34-35)20-30(26)36(28)23-14-16-27-25-9-2-4-11-29(25)37(31(27)21-23)32-12-5-6-17-33-32;/h1-18H,19H2;/q-1;+2. The van der Waals surface area contributed by atoms with Crippen LogP contribution in [-0.4, -0.2) is 25.4 Å². The second-order valence-electron chi connectivity index (χ2n) is 9.19. The molecule has 6 heteroatoms. The molecule has 5 nitrogen and oxygen atoms in total. The molecule has 0 saturated carbocycles. The zero-order valence-corrected chi connectivity index (χ0v) is 22.4. The van der Waals surface area contributed by atoms with Gasteiger partial charge in [-0.1, -0.05) is 71.3 Å². The van der Waals surface area contributed by atoms with Gasteiger partial charge < -0.3 is 9.13 Å². The van der Waals surface area contributed by atoms with Crippen LogP contribution in [-0.2, 0) is 21.1 Å². The molecule has 0 aliphatic carbocycles. The Morgan fingerprint density at radius 1 is 0.658 bits per heavy atom. The van der Waals surface area contributed by atoms with Crippen molar-refractivity contribution in [3.8, 4) is 11.5 Å². The van der Waals surface area contributed by atoms with Crippen LogP contribution in [0.25, 0.3) is 55.1 Å². The molecular formula is C32H20N5Pt+. The van der Waals surface area contributed by atoms with Gasteiger partial charge in [0.15, 0.2) is 6.54 Å². The predicted octanol–water partition coefficient (Wildman–Crippen LogP) is 7.50. The number of para-hydroxylation sites is 2. The molecule has 0 radical (unpaired) electrons. The predicted molar refractivity (Wildman–Crippen MR) is 147 cm³/mol. The normalized spacial score (nSPS) is 13.0. The summed E-state index contributed by atoms with van der Waals surface area (Å²) in [6.07, 6.45) is 5.72. The molecule has 1 aliphatic rings. The molecule has 0 atom stereocenters. The Hall–Kier alpha value is -4.34. The van der Waals surface area contributed by atoms with E-state index in [4.69, 9.17) is 0 Å². The zero-order valence-electron chi connectivity index (χ0n) is 20.2. The first-order valence-electron chi connectivity index (χ1n) is 12.3. The maximum Gasteiger partial charge on any atom is 2.00 e. The van der Waals surface area contributed by atoms with Crippen LogP contribution >= 0.6 is 0 Å². The third-order valence-corrected chi connectivity index (χ3v) is 7.12. The largest absolute Gasteiger partial charge is 2.00 e. The van der Waals surface area contributed by atoms with Crippen molar-refractivity contribution in [3.05, 3.63) is 122 Å². The molecule has 4 heterocycles. The number of azo groups is 2. The average molecular weight is 670 g/mol. The van der Waals surface area contributed by atoms with Crippen molar-refractivity contribution in [2.45, 2.75) is 0 Å². The van der Waals surface area contributed by atoms with Crippen molar-refractivity contribution < 1.29 is 25.8 Å². The Morgan fingerprint density at radius 3 is 2.05 bits per heavy atom. The van der Waals surface area contributed by atoms with Crippen LogP contribution in [0.1, 0.15) is 0 Å². The van der Waals surface area contributed by atoms with Gasteiger partial charge >= 0.3 is 21.1 Å². The van der Waals surface area contributed by atoms with Gasteiger partial charge in [0.25, 0.3) is 0 Å². The minimum Gasteiger partial charge on any atom is -0.358 e. The second kappa shape index (κ2) is 8.90. The summed E-state index contributed by atoms with van der Waals surface area (Å²) in [7, 11) is 0. The smallest absolute Gasteiger partial charge is 0.358 e. The summed E-state index contributed by atoms with van der Waals surface area (Å²) in [6.45, 7) is 0.754. The molecule has 38 heavy (non-hydrogen) atoms. The maximum atomic E-state index is 4.68. The third-order valence-electron chi connectivity index (χ3n) is 7.12. The van der Waals surface area contributed by atoms with E-state index in [-0.39, 0.29) is 21.1 Å². The summed E-state index contributed by atoms with van der Waals surface area (Å²) in [6, 6.07) is 39.1. The van der Waals surface area contributed by atoms with E-state index >= 15 is 0 Å². The third kappa shape index (κ3) is 3.32. The number of benzene rings is 4. The second-order valence-corrected chi connectivity index (χ2v) is 9.19. The summed E-state index contributed by atoms with van der Waals surface area (Å²) < 4.78 is 6.43. The van der Waals surface area contributed by atoms with Gasteiger partial charge in [-0.05, 0) is 40.2 Å². The van der Waals surface area contributed by atoms with E-state index in [2.05, 4.69) is 104 Å². The van der Waals surface area contributed by atoms with Crippen LogP contribution in [0.2, 0.25) is 0 Å². The number of hydrogen-bond acceptors (Lipinski definition) is 2. The number of nitrogens with zero attached hydrogens (tertiary/aromatic N) is 5. The fourth-order valence-corrected chi connectivity index (χ4v) is 5.50. The van der Waals surface area contributed by atoms with Gasteiger partial charge in [0, 0.05) is 23.3 Å². The Labute approximate surface area is 233 Å². The molecule has 3 aromatic heterocycles. The molecule has 0 saturated heterocycles. The van der Waals surface area contributed by atoms with Crippen LogP contribution in [0.3, 0.4) is 0 Å². The van der Waals surface area contributed by atoms with Gasteiger partial charge in [0.2, 0.25) is 0 Å². The van der Waals surface area contributed by atoms with E-state index in [0.29, 0.717) is 0 Å². The zero-order chi connectivity index (χ0) is 24.3. The summed E-state index contributed by atoms with van der Waals surface area (Å²) in [4.78, 5) is 4.68. The summed E-state index contributed by atoms with van der Waals surface area (Å²) in [5.41, 5.74) is 6.16. The Balaban J connectivity index is 0.00000242. The van der Waals surface area contributed by atoms with Crippen molar-refractivity contribution in [2.75, 3.05) is 6.54 Å². The van der Waals surface area contributed by atoms with Crippen LogP contribution in [0.4, 0.5) is 5.69 Å². The number of rotatable bonds is 3. The first-order chi connectivity index (χ1) is 18.4. The van der Waals surface area contributed by atoms with Crippen LogP contribution in [0.5, 0.6) is 0 Å². The van der Waals surface area contributed by atoms with Crippen molar-refractivity contribution in [2.24, 2.45) is 5.11 Å². The molecule has 7 aromatic rings. The topological polar surface area (TPSA) is 38.1 Å². The Kier molecular flexibility index (Phi) is 5.34. The first-order valence-corrected chi connectivity index (χ1v) is 12.3. The minimum atomic E-state index is 0.